The maximum atomic E-state index is 12.3. The van der Waals surface area contributed by atoms with Crippen molar-refractivity contribution < 1.29 is 13.2 Å². The molecular formula is C20H22ClN3O3S. The van der Waals surface area contributed by atoms with E-state index in [9.17, 15) is 13.2 Å². The summed E-state index contributed by atoms with van der Waals surface area (Å²) < 4.78 is 24.5. The lowest BCUT2D eigenvalue weighted by Gasteiger charge is -2.11. The van der Waals surface area contributed by atoms with Gasteiger partial charge in [-0.1, -0.05) is 36.6 Å². The van der Waals surface area contributed by atoms with Crippen LogP contribution in [-0.2, 0) is 14.8 Å². The molecule has 0 radical (unpaired) electrons. The van der Waals surface area contributed by atoms with Crippen molar-refractivity contribution in [3.8, 4) is 0 Å². The third kappa shape index (κ3) is 5.11. The first-order valence-corrected chi connectivity index (χ1v) is 10.9. The van der Waals surface area contributed by atoms with E-state index in [0.717, 1.165) is 36.9 Å². The Labute approximate surface area is 170 Å². The lowest BCUT2D eigenvalue weighted by atomic mass is 10.1. The number of halogens is 1. The van der Waals surface area contributed by atoms with Gasteiger partial charge in [0.25, 0.3) is 10.0 Å². The Morgan fingerprint density at radius 2 is 1.64 bits per heavy atom. The van der Waals surface area contributed by atoms with Crippen molar-refractivity contribution in [1.82, 2.24) is 4.83 Å². The van der Waals surface area contributed by atoms with Gasteiger partial charge in [0.15, 0.2) is 0 Å². The summed E-state index contributed by atoms with van der Waals surface area (Å²) in [4.78, 5) is 14.5. The number of amides is 1. The van der Waals surface area contributed by atoms with E-state index in [1.54, 1.807) is 31.2 Å². The van der Waals surface area contributed by atoms with Crippen molar-refractivity contribution >= 4 is 38.9 Å². The molecule has 0 aliphatic heterocycles. The zero-order valence-corrected chi connectivity index (χ0v) is 17.1. The van der Waals surface area contributed by atoms with Crippen LogP contribution in [-0.4, -0.2) is 20.0 Å². The second-order valence-electron chi connectivity index (χ2n) is 6.79. The lowest BCUT2D eigenvalue weighted by Crippen LogP contribution is -2.20. The molecule has 0 spiro atoms. The number of rotatable bonds is 6. The van der Waals surface area contributed by atoms with Gasteiger partial charge in [0.1, 0.15) is 0 Å². The van der Waals surface area contributed by atoms with Gasteiger partial charge in [0.05, 0.1) is 10.6 Å². The van der Waals surface area contributed by atoms with E-state index in [4.69, 9.17) is 11.6 Å². The second kappa shape index (κ2) is 8.75. The molecule has 1 fully saturated rings. The molecule has 28 heavy (non-hydrogen) atoms. The van der Waals surface area contributed by atoms with Crippen LogP contribution in [0, 0.1) is 5.92 Å². The first-order valence-electron chi connectivity index (χ1n) is 9.08. The Morgan fingerprint density at radius 3 is 2.25 bits per heavy atom. The van der Waals surface area contributed by atoms with Gasteiger partial charge in [0, 0.05) is 16.6 Å². The van der Waals surface area contributed by atoms with Crippen molar-refractivity contribution in [2.75, 3.05) is 5.32 Å². The molecule has 8 heteroatoms. The van der Waals surface area contributed by atoms with Crippen LogP contribution in [0.4, 0.5) is 5.69 Å². The van der Waals surface area contributed by atoms with Crippen LogP contribution in [0.15, 0.2) is 58.5 Å². The highest BCUT2D eigenvalue weighted by Gasteiger charge is 2.22. The van der Waals surface area contributed by atoms with Crippen LogP contribution in [0.25, 0.3) is 0 Å². The molecule has 1 amide bonds. The number of anilines is 1. The quantitative estimate of drug-likeness (QED) is 0.544. The van der Waals surface area contributed by atoms with Crippen molar-refractivity contribution in [2.45, 2.75) is 37.5 Å². The Bertz CT molecular complexity index is 965. The summed E-state index contributed by atoms with van der Waals surface area (Å²) in [5.74, 6) is 0.164. The van der Waals surface area contributed by atoms with E-state index in [2.05, 4.69) is 15.2 Å². The number of carbonyl (C=O) groups is 1. The standard InChI is InChI=1S/C20H22ClN3O3S/c1-14(23-24-28(26,27)19-12-8-17(21)9-13-19)15-6-10-18(11-7-15)22-20(25)16-4-2-3-5-16/h6-13,16,24H,2-5H2,1H3,(H,22,25)/b23-14-. The fourth-order valence-corrected chi connectivity index (χ4v) is 4.07. The van der Waals surface area contributed by atoms with Gasteiger partial charge in [0.2, 0.25) is 5.91 Å². The predicted molar refractivity (Wildman–Crippen MR) is 111 cm³/mol. The summed E-state index contributed by atoms with van der Waals surface area (Å²) in [6.07, 6.45) is 4.12. The van der Waals surface area contributed by atoms with Crippen LogP contribution in [0.1, 0.15) is 38.2 Å². The van der Waals surface area contributed by atoms with E-state index < -0.39 is 10.0 Å². The topological polar surface area (TPSA) is 87.6 Å². The molecule has 3 rings (SSSR count). The smallest absolute Gasteiger partial charge is 0.276 e. The normalized spacial score (nSPS) is 15.4. The van der Waals surface area contributed by atoms with Gasteiger partial charge in [-0.05, 0) is 61.7 Å². The van der Waals surface area contributed by atoms with Crippen molar-refractivity contribution in [1.29, 1.82) is 0 Å². The zero-order valence-electron chi connectivity index (χ0n) is 15.5. The van der Waals surface area contributed by atoms with Gasteiger partial charge in [-0.2, -0.15) is 18.4 Å². The summed E-state index contributed by atoms with van der Waals surface area (Å²) in [5.41, 5.74) is 1.97. The Balaban J connectivity index is 1.64. The molecule has 0 bridgehead atoms. The zero-order chi connectivity index (χ0) is 20.1. The molecule has 0 heterocycles. The molecule has 2 aromatic rings. The fraction of sp³-hybridized carbons (Fsp3) is 0.300. The minimum Gasteiger partial charge on any atom is -0.326 e. The summed E-state index contributed by atoms with van der Waals surface area (Å²) >= 11 is 5.78. The predicted octanol–water partition coefficient (Wildman–Crippen LogP) is 4.17. The van der Waals surface area contributed by atoms with Crippen molar-refractivity contribution in [3.05, 3.63) is 59.1 Å². The Kier molecular flexibility index (Phi) is 6.36. The van der Waals surface area contributed by atoms with Gasteiger partial charge in [-0.15, -0.1) is 0 Å². The molecule has 148 valence electrons. The number of nitrogens with zero attached hydrogens (tertiary/aromatic N) is 1. The van der Waals surface area contributed by atoms with Crippen LogP contribution in [0.2, 0.25) is 5.02 Å². The molecule has 2 N–H and O–H groups in total. The van der Waals surface area contributed by atoms with Crippen LogP contribution >= 0.6 is 11.6 Å². The number of hydrogen-bond donors (Lipinski definition) is 2. The molecule has 0 unspecified atom stereocenters. The highest BCUT2D eigenvalue weighted by molar-refractivity contribution is 7.89. The molecule has 6 nitrogen and oxygen atoms in total. The number of sulfonamides is 1. The first-order chi connectivity index (χ1) is 13.3. The minimum atomic E-state index is -3.77. The summed E-state index contributed by atoms with van der Waals surface area (Å²) in [7, 11) is -3.77. The average molecular weight is 420 g/mol. The third-order valence-corrected chi connectivity index (χ3v) is 6.23. The fourth-order valence-electron chi connectivity index (χ4n) is 3.09. The largest absolute Gasteiger partial charge is 0.326 e. The van der Waals surface area contributed by atoms with E-state index >= 15 is 0 Å². The third-order valence-electron chi connectivity index (χ3n) is 4.75. The van der Waals surface area contributed by atoms with E-state index in [-0.39, 0.29) is 16.7 Å². The summed E-state index contributed by atoms with van der Waals surface area (Å²) in [5, 5.41) is 7.37. The molecular weight excluding hydrogens is 398 g/mol. The van der Waals surface area contributed by atoms with E-state index in [1.807, 2.05) is 0 Å². The maximum absolute atomic E-state index is 12.3. The van der Waals surface area contributed by atoms with Crippen LogP contribution in [0.3, 0.4) is 0 Å². The number of hydrazone groups is 1. The van der Waals surface area contributed by atoms with Gasteiger partial charge in [-0.3, -0.25) is 4.79 Å². The number of benzene rings is 2. The highest BCUT2D eigenvalue weighted by atomic mass is 35.5. The molecule has 1 aliphatic carbocycles. The molecule has 0 saturated heterocycles. The van der Waals surface area contributed by atoms with Crippen LogP contribution < -0.4 is 10.1 Å². The first kappa shape index (κ1) is 20.4. The van der Waals surface area contributed by atoms with Gasteiger partial charge >= 0.3 is 0 Å². The molecule has 2 aromatic carbocycles. The molecule has 0 atom stereocenters. The highest BCUT2D eigenvalue weighted by Crippen LogP contribution is 2.26. The molecule has 1 saturated carbocycles. The Hall–Kier alpha value is -2.38. The summed E-state index contributed by atoms with van der Waals surface area (Å²) in [6.45, 7) is 1.70. The average Bonchev–Trinajstić information content (AvgIpc) is 3.22. The maximum Gasteiger partial charge on any atom is 0.276 e. The van der Waals surface area contributed by atoms with Gasteiger partial charge in [-0.25, -0.2) is 0 Å². The lowest BCUT2D eigenvalue weighted by molar-refractivity contribution is -0.119. The van der Waals surface area contributed by atoms with E-state index in [0.29, 0.717) is 10.7 Å². The van der Waals surface area contributed by atoms with Crippen molar-refractivity contribution in [2.24, 2.45) is 11.0 Å². The number of hydrogen-bond acceptors (Lipinski definition) is 4. The van der Waals surface area contributed by atoms with Crippen LogP contribution in [0.5, 0.6) is 0 Å². The van der Waals surface area contributed by atoms with E-state index in [1.165, 1.54) is 24.3 Å². The van der Waals surface area contributed by atoms with Gasteiger partial charge < -0.3 is 5.32 Å². The monoisotopic (exact) mass is 419 g/mol. The minimum absolute atomic E-state index is 0.0614. The number of carbonyl (C=O) groups excluding carboxylic acids is 1. The number of nitrogens with one attached hydrogen (secondary N) is 2. The second-order valence-corrected chi connectivity index (χ2v) is 8.89. The Morgan fingerprint density at radius 1 is 1.04 bits per heavy atom. The van der Waals surface area contributed by atoms with Crippen molar-refractivity contribution in [3.63, 3.8) is 0 Å². The molecule has 0 aromatic heterocycles. The SMILES string of the molecule is C/C(=N/NS(=O)(=O)c1ccc(Cl)cc1)c1ccc(NC(=O)C2CCCC2)cc1. The summed E-state index contributed by atoms with van der Waals surface area (Å²) in [6, 6.07) is 13.0. The molecule has 1 aliphatic rings.